The zero-order valence-electron chi connectivity index (χ0n) is 20.7. The quantitative estimate of drug-likeness (QED) is 0.134. The first-order valence-electron chi connectivity index (χ1n) is 13.1. The maximum atomic E-state index is 12.3. The van der Waals surface area contributed by atoms with Crippen LogP contribution in [0.5, 0.6) is 0 Å². The molecule has 1 N–H and O–H groups in total. The number of amides is 1. The SMILES string of the molecule is CCCCCCCCCC[C@@H]1C(=O)O[C@H]1C[C@H](CCCCCCC)OC(=O)[C@H](C)NC=O. The molecule has 0 radical (unpaired) electrons. The van der Waals surface area contributed by atoms with Gasteiger partial charge >= 0.3 is 11.9 Å². The predicted octanol–water partition coefficient (Wildman–Crippen LogP) is 5.86. The molecule has 0 spiro atoms. The Kier molecular flexibility index (Phi) is 15.9. The maximum absolute atomic E-state index is 12.3. The van der Waals surface area contributed by atoms with Gasteiger partial charge in [-0.25, -0.2) is 4.79 Å². The second-order valence-corrected chi connectivity index (χ2v) is 9.35. The zero-order chi connectivity index (χ0) is 23.6. The first kappa shape index (κ1) is 28.4. The highest BCUT2D eigenvalue weighted by Crippen LogP contribution is 2.32. The third-order valence-electron chi connectivity index (χ3n) is 6.47. The molecule has 0 unspecified atom stereocenters. The number of carbonyl (C=O) groups is 3. The van der Waals surface area contributed by atoms with Gasteiger partial charge < -0.3 is 14.8 Å². The van der Waals surface area contributed by atoms with E-state index in [2.05, 4.69) is 19.2 Å². The molecule has 0 aromatic carbocycles. The molecular weight excluding hydrogens is 406 g/mol. The third kappa shape index (κ3) is 11.9. The highest BCUT2D eigenvalue weighted by molar-refractivity contribution is 5.79. The molecule has 0 bridgehead atoms. The summed E-state index contributed by atoms with van der Waals surface area (Å²) < 4.78 is 11.1. The van der Waals surface area contributed by atoms with Crippen LogP contribution in [0.3, 0.4) is 0 Å². The zero-order valence-corrected chi connectivity index (χ0v) is 20.7. The summed E-state index contributed by atoms with van der Waals surface area (Å²) in [5.41, 5.74) is 0. The second kappa shape index (κ2) is 17.9. The lowest BCUT2D eigenvalue weighted by Crippen LogP contribution is -2.47. The third-order valence-corrected chi connectivity index (χ3v) is 6.47. The van der Waals surface area contributed by atoms with E-state index < -0.39 is 12.0 Å². The molecule has 1 fully saturated rings. The number of nitrogens with one attached hydrogen (secondary N) is 1. The normalized spacial score (nSPS) is 19.5. The van der Waals surface area contributed by atoms with Crippen molar-refractivity contribution < 1.29 is 23.9 Å². The van der Waals surface area contributed by atoms with Crippen molar-refractivity contribution >= 4 is 18.3 Å². The molecule has 0 aromatic heterocycles. The lowest BCUT2D eigenvalue weighted by molar-refractivity contribution is -0.190. The van der Waals surface area contributed by atoms with Crippen molar-refractivity contribution in [1.82, 2.24) is 5.32 Å². The molecule has 4 atom stereocenters. The Morgan fingerprint density at radius 1 is 0.969 bits per heavy atom. The molecule has 186 valence electrons. The predicted molar refractivity (Wildman–Crippen MR) is 127 cm³/mol. The Bertz CT molecular complexity index is 524. The molecular formula is C26H47NO5. The molecule has 6 heteroatoms. The van der Waals surface area contributed by atoms with Crippen LogP contribution in [0, 0.1) is 5.92 Å². The summed E-state index contributed by atoms with van der Waals surface area (Å²) in [6, 6.07) is -0.674. The first-order chi connectivity index (χ1) is 15.5. The van der Waals surface area contributed by atoms with E-state index in [0.29, 0.717) is 12.8 Å². The summed E-state index contributed by atoms with van der Waals surface area (Å²) >= 11 is 0. The molecule has 1 aliphatic heterocycles. The van der Waals surface area contributed by atoms with Gasteiger partial charge in [-0.05, 0) is 26.2 Å². The van der Waals surface area contributed by atoms with E-state index in [1.54, 1.807) is 6.92 Å². The van der Waals surface area contributed by atoms with Crippen molar-refractivity contribution in [2.45, 2.75) is 142 Å². The minimum Gasteiger partial charge on any atom is -0.461 e. The molecule has 0 aliphatic carbocycles. The van der Waals surface area contributed by atoms with E-state index in [9.17, 15) is 14.4 Å². The summed E-state index contributed by atoms with van der Waals surface area (Å²) in [7, 11) is 0. The molecule has 0 saturated carbocycles. The number of hydrogen-bond acceptors (Lipinski definition) is 5. The Balaban J connectivity index is 2.42. The monoisotopic (exact) mass is 453 g/mol. The van der Waals surface area contributed by atoms with Gasteiger partial charge in [0.05, 0.1) is 5.92 Å². The van der Waals surface area contributed by atoms with E-state index in [0.717, 1.165) is 38.5 Å². The number of cyclic esters (lactones) is 1. The van der Waals surface area contributed by atoms with Crippen molar-refractivity contribution in [2.24, 2.45) is 5.92 Å². The minimum atomic E-state index is -0.674. The van der Waals surface area contributed by atoms with Crippen LogP contribution in [0.4, 0.5) is 0 Å². The Morgan fingerprint density at radius 3 is 2.09 bits per heavy atom. The molecule has 0 aromatic rings. The van der Waals surface area contributed by atoms with Gasteiger partial charge in [-0.15, -0.1) is 0 Å². The van der Waals surface area contributed by atoms with Crippen LogP contribution in [0.2, 0.25) is 0 Å². The fourth-order valence-corrected chi connectivity index (χ4v) is 4.31. The number of rotatable bonds is 21. The fraction of sp³-hybridized carbons (Fsp3) is 0.885. The summed E-state index contributed by atoms with van der Waals surface area (Å²) in [5.74, 6) is -0.607. The van der Waals surface area contributed by atoms with Gasteiger partial charge in [-0.3, -0.25) is 9.59 Å². The standard InChI is InChI=1S/C26H47NO5/c1-4-6-8-10-11-12-14-16-18-23-24(32-26(23)30)19-22(17-15-13-9-7-5-2)31-25(29)21(3)27-20-28/h20-24H,4-19H2,1-3H3,(H,27,28)/t21-,22-,23-,24-/m0/s1. The van der Waals surface area contributed by atoms with Crippen LogP contribution in [0.1, 0.15) is 124 Å². The Labute approximate surface area is 195 Å². The summed E-state index contributed by atoms with van der Waals surface area (Å²) in [4.78, 5) is 35.0. The molecule has 32 heavy (non-hydrogen) atoms. The smallest absolute Gasteiger partial charge is 0.328 e. The van der Waals surface area contributed by atoms with Crippen LogP contribution in [0.25, 0.3) is 0 Å². The van der Waals surface area contributed by atoms with E-state index in [1.807, 2.05) is 0 Å². The number of unbranched alkanes of at least 4 members (excludes halogenated alkanes) is 11. The highest BCUT2D eigenvalue weighted by Gasteiger charge is 2.43. The van der Waals surface area contributed by atoms with Gasteiger partial charge in [-0.2, -0.15) is 0 Å². The molecule has 6 nitrogen and oxygen atoms in total. The van der Waals surface area contributed by atoms with Gasteiger partial charge in [0.25, 0.3) is 0 Å². The number of carbonyl (C=O) groups excluding carboxylic acids is 3. The molecule has 1 aliphatic rings. The fourth-order valence-electron chi connectivity index (χ4n) is 4.31. The topological polar surface area (TPSA) is 81.7 Å². The number of ether oxygens (including phenoxy) is 2. The van der Waals surface area contributed by atoms with Gasteiger partial charge in [0.2, 0.25) is 6.41 Å². The Morgan fingerprint density at radius 2 is 1.53 bits per heavy atom. The highest BCUT2D eigenvalue weighted by atomic mass is 16.6. The van der Waals surface area contributed by atoms with E-state index >= 15 is 0 Å². The van der Waals surface area contributed by atoms with Crippen LogP contribution in [0.15, 0.2) is 0 Å². The second-order valence-electron chi connectivity index (χ2n) is 9.35. The van der Waals surface area contributed by atoms with Crippen molar-refractivity contribution in [2.75, 3.05) is 0 Å². The maximum Gasteiger partial charge on any atom is 0.328 e. The van der Waals surface area contributed by atoms with E-state index in [-0.39, 0.29) is 24.1 Å². The minimum absolute atomic E-state index is 0.0677. The largest absolute Gasteiger partial charge is 0.461 e. The lowest BCUT2D eigenvalue weighted by Gasteiger charge is -2.37. The van der Waals surface area contributed by atoms with Crippen molar-refractivity contribution in [3.8, 4) is 0 Å². The first-order valence-corrected chi connectivity index (χ1v) is 13.1. The van der Waals surface area contributed by atoms with Crippen LogP contribution in [-0.2, 0) is 23.9 Å². The van der Waals surface area contributed by atoms with Crippen molar-refractivity contribution in [3.63, 3.8) is 0 Å². The van der Waals surface area contributed by atoms with Gasteiger partial charge in [0.15, 0.2) is 0 Å². The molecule has 1 heterocycles. The lowest BCUT2D eigenvalue weighted by atomic mass is 9.86. The Hall–Kier alpha value is -1.59. The molecule has 1 saturated heterocycles. The average molecular weight is 454 g/mol. The van der Waals surface area contributed by atoms with Gasteiger partial charge in [0.1, 0.15) is 18.2 Å². The van der Waals surface area contributed by atoms with Gasteiger partial charge in [-0.1, -0.05) is 90.9 Å². The van der Waals surface area contributed by atoms with Crippen molar-refractivity contribution in [1.29, 1.82) is 0 Å². The van der Waals surface area contributed by atoms with Crippen LogP contribution in [-0.4, -0.2) is 36.6 Å². The van der Waals surface area contributed by atoms with Crippen LogP contribution < -0.4 is 5.32 Å². The van der Waals surface area contributed by atoms with Gasteiger partial charge in [0, 0.05) is 6.42 Å². The number of esters is 2. The molecule has 1 rings (SSSR count). The van der Waals surface area contributed by atoms with E-state index in [1.165, 1.54) is 57.8 Å². The summed E-state index contributed by atoms with van der Waals surface area (Å²) in [5, 5.41) is 2.45. The summed E-state index contributed by atoms with van der Waals surface area (Å²) in [6.07, 6.45) is 17.9. The average Bonchev–Trinajstić information content (AvgIpc) is 2.77. The van der Waals surface area contributed by atoms with Crippen LogP contribution >= 0.6 is 0 Å². The number of hydrogen-bond donors (Lipinski definition) is 1. The van der Waals surface area contributed by atoms with E-state index in [4.69, 9.17) is 9.47 Å². The molecule has 1 amide bonds. The van der Waals surface area contributed by atoms with Crippen molar-refractivity contribution in [3.05, 3.63) is 0 Å². The summed E-state index contributed by atoms with van der Waals surface area (Å²) in [6.45, 7) is 6.03.